The van der Waals surface area contributed by atoms with Crippen molar-refractivity contribution in [2.24, 2.45) is 29.1 Å². The summed E-state index contributed by atoms with van der Waals surface area (Å²) < 4.78 is 0. The Bertz CT molecular complexity index is 679. The largest absolute Gasteiger partial charge is 0.278 e. The highest BCUT2D eigenvalue weighted by Gasteiger charge is 2.73. The smallest absolute Gasteiger partial charge is 0.234 e. The first kappa shape index (κ1) is 12.6. The monoisotopic (exact) mass is 293 g/mol. The second-order valence-corrected chi connectivity index (χ2v) is 7.47. The third-order valence-corrected chi connectivity index (χ3v) is 6.41. The molecule has 1 saturated heterocycles. The highest BCUT2D eigenvalue weighted by molar-refractivity contribution is 6.06. The topological polar surface area (TPSA) is 37.4 Å². The minimum Gasteiger partial charge on any atom is -0.278 e. The Labute approximate surface area is 130 Å². The van der Waals surface area contributed by atoms with Gasteiger partial charge in [0.15, 0.2) is 0 Å². The molecule has 0 aromatic heterocycles. The quantitative estimate of drug-likeness (QED) is 0.621. The van der Waals surface area contributed by atoms with Gasteiger partial charge >= 0.3 is 0 Å². The molecule has 22 heavy (non-hydrogen) atoms. The van der Waals surface area contributed by atoms with Crippen LogP contribution in [-0.4, -0.2) is 16.7 Å². The van der Waals surface area contributed by atoms with E-state index in [1.54, 1.807) is 0 Å². The number of hydrogen-bond donors (Lipinski definition) is 0. The number of allylic oxidation sites excluding steroid dienone is 2. The Balaban J connectivity index is 1.45. The molecule has 112 valence electrons. The highest BCUT2D eigenvalue weighted by Crippen LogP contribution is 2.73. The van der Waals surface area contributed by atoms with Crippen molar-refractivity contribution in [3.8, 4) is 0 Å². The average Bonchev–Trinajstić information content (AvgIpc) is 3.12. The molecule has 1 heterocycles. The fraction of sp³-hybridized carbons (Fsp3) is 0.474. The number of benzene rings is 1. The van der Waals surface area contributed by atoms with Gasteiger partial charge in [-0.1, -0.05) is 42.0 Å². The Morgan fingerprint density at radius 2 is 1.55 bits per heavy atom. The molecule has 1 aromatic carbocycles. The lowest BCUT2D eigenvalue weighted by Gasteiger charge is -2.21. The van der Waals surface area contributed by atoms with E-state index < -0.39 is 0 Å². The molecule has 0 N–H and O–H groups in total. The van der Waals surface area contributed by atoms with Gasteiger partial charge in [0, 0.05) is 0 Å². The number of nitrogens with zero attached hydrogens (tertiary/aromatic N) is 1. The van der Waals surface area contributed by atoms with Crippen LogP contribution in [0.2, 0.25) is 0 Å². The number of likely N-dealkylation sites (tertiary alicyclic amines) is 1. The molecule has 3 heteroatoms. The van der Waals surface area contributed by atoms with Gasteiger partial charge < -0.3 is 0 Å². The molecule has 2 bridgehead atoms. The van der Waals surface area contributed by atoms with Gasteiger partial charge in [-0.15, -0.1) is 0 Å². The Morgan fingerprint density at radius 1 is 1.00 bits per heavy atom. The molecular formula is C19H19NO2. The summed E-state index contributed by atoms with van der Waals surface area (Å²) >= 11 is 0. The lowest BCUT2D eigenvalue weighted by Crippen LogP contribution is -2.34. The molecule has 2 amide bonds. The van der Waals surface area contributed by atoms with Crippen LogP contribution in [0.25, 0.3) is 0 Å². The number of imide groups is 1. The van der Waals surface area contributed by atoms with Crippen molar-refractivity contribution in [1.82, 2.24) is 4.90 Å². The van der Waals surface area contributed by atoms with Gasteiger partial charge in [0.25, 0.3) is 0 Å². The van der Waals surface area contributed by atoms with E-state index in [0.717, 1.165) is 5.56 Å². The fourth-order valence-corrected chi connectivity index (χ4v) is 5.17. The van der Waals surface area contributed by atoms with Crippen LogP contribution in [0.15, 0.2) is 36.4 Å². The molecule has 1 aliphatic heterocycles. The summed E-state index contributed by atoms with van der Waals surface area (Å²) in [6, 6.07) is 8.09. The van der Waals surface area contributed by atoms with Crippen LogP contribution in [0, 0.1) is 36.0 Å². The van der Waals surface area contributed by atoms with Crippen molar-refractivity contribution in [2.45, 2.75) is 26.3 Å². The molecule has 2 saturated carbocycles. The summed E-state index contributed by atoms with van der Waals surface area (Å²) in [6.07, 6.45) is 6.83. The molecule has 3 aliphatic carbocycles. The summed E-state index contributed by atoms with van der Waals surface area (Å²) in [7, 11) is 0. The Kier molecular flexibility index (Phi) is 2.23. The van der Waals surface area contributed by atoms with Gasteiger partial charge in [0.05, 0.1) is 18.4 Å². The third-order valence-electron chi connectivity index (χ3n) is 6.41. The minimum atomic E-state index is -0.0737. The summed E-state index contributed by atoms with van der Waals surface area (Å²) in [5, 5.41) is 0. The second kappa shape index (κ2) is 3.89. The second-order valence-electron chi connectivity index (χ2n) is 7.47. The standard InChI is InChI=1S/C19H19NO2/c1-11-2-4-12(5-3-11)10-20-17(21)15-13-6-7-14(16(15)18(20)22)19(13)8-9-19/h2-7,13-16H,8-10H2,1H3/t13-,14-,15+,16+/m1/s1. The maximum atomic E-state index is 12.8. The van der Waals surface area contributed by atoms with Crippen molar-refractivity contribution in [3.05, 3.63) is 47.5 Å². The van der Waals surface area contributed by atoms with Crippen LogP contribution < -0.4 is 0 Å². The average molecular weight is 293 g/mol. The summed E-state index contributed by atoms with van der Waals surface area (Å²) in [6.45, 7) is 2.47. The van der Waals surface area contributed by atoms with E-state index in [0.29, 0.717) is 18.4 Å². The number of aryl methyl sites for hydroxylation is 1. The fourth-order valence-electron chi connectivity index (χ4n) is 5.17. The van der Waals surface area contributed by atoms with Crippen LogP contribution >= 0.6 is 0 Å². The predicted molar refractivity (Wildman–Crippen MR) is 81.5 cm³/mol. The molecule has 3 fully saturated rings. The SMILES string of the molecule is Cc1ccc(CN2C(=O)[C@@H]3[C@@H](C2=O)[C@H]2C=C[C@H]3C23CC3)cc1. The Morgan fingerprint density at radius 3 is 2.05 bits per heavy atom. The van der Waals surface area contributed by atoms with Crippen LogP contribution in [-0.2, 0) is 16.1 Å². The number of carbonyl (C=O) groups is 2. The number of rotatable bonds is 2. The van der Waals surface area contributed by atoms with E-state index in [9.17, 15) is 9.59 Å². The zero-order valence-corrected chi connectivity index (χ0v) is 12.7. The van der Waals surface area contributed by atoms with Crippen LogP contribution in [0.3, 0.4) is 0 Å². The zero-order valence-electron chi connectivity index (χ0n) is 12.7. The van der Waals surface area contributed by atoms with Gasteiger partial charge in [-0.25, -0.2) is 0 Å². The maximum Gasteiger partial charge on any atom is 0.234 e. The van der Waals surface area contributed by atoms with Gasteiger partial charge in [-0.2, -0.15) is 0 Å². The molecule has 1 spiro atoms. The number of fused-ring (bicyclic) bond motifs is 3. The first-order chi connectivity index (χ1) is 10.6. The van der Waals surface area contributed by atoms with Crippen LogP contribution in [0.5, 0.6) is 0 Å². The van der Waals surface area contributed by atoms with Gasteiger partial charge in [-0.05, 0) is 42.6 Å². The van der Waals surface area contributed by atoms with Crippen LogP contribution in [0.4, 0.5) is 0 Å². The van der Waals surface area contributed by atoms with Crippen LogP contribution in [0.1, 0.15) is 24.0 Å². The summed E-state index contributed by atoms with van der Waals surface area (Å²) in [5.74, 6) is 0.632. The van der Waals surface area contributed by atoms with E-state index >= 15 is 0 Å². The number of hydrogen-bond acceptors (Lipinski definition) is 2. The summed E-state index contributed by atoms with van der Waals surface area (Å²) in [4.78, 5) is 27.2. The van der Waals surface area contributed by atoms with Crippen molar-refractivity contribution in [2.75, 3.05) is 0 Å². The van der Waals surface area contributed by atoms with Gasteiger partial charge in [-0.3, -0.25) is 14.5 Å². The van der Waals surface area contributed by atoms with Crippen molar-refractivity contribution >= 4 is 11.8 Å². The lowest BCUT2D eigenvalue weighted by atomic mass is 9.85. The van der Waals surface area contributed by atoms with Gasteiger partial charge in [0.2, 0.25) is 11.8 Å². The Hall–Kier alpha value is -1.90. The molecular weight excluding hydrogens is 274 g/mol. The molecule has 1 aromatic rings. The van der Waals surface area contributed by atoms with E-state index in [1.165, 1.54) is 23.3 Å². The minimum absolute atomic E-state index is 0.0682. The van der Waals surface area contributed by atoms with E-state index in [-0.39, 0.29) is 29.1 Å². The van der Waals surface area contributed by atoms with Crippen molar-refractivity contribution in [1.29, 1.82) is 0 Å². The van der Waals surface area contributed by atoms with Crippen molar-refractivity contribution in [3.63, 3.8) is 0 Å². The van der Waals surface area contributed by atoms with Crippen molar-refractivity contribution < 1.29 is 9.59 Å². The molecule has 0 radical (unpaired) electrons. The molecule has 4 aliphatic rings. The summed E-state index contributed by atoms with van der Waals surface area (Å²) in [5.41, 5.74) is 2.52. The lowest BCUT2D eigenvalue weighted by molar-refractivity contribution is -0.141. The van der Waals surface area contributed by atoms with E-state index in [1.807, 2.05) is 31.2 Å². The highest BCUT2D eigenvalue weighted by atomic mass is 16.2. The van der Waals surface area contributed by atoms with E-state index in [2.05, 4.69) is 12.2 Å². The predicted octanol–water partition coefficient (Wildman–Crippen LogP) is 2.69. The third kappa shape index (κ3) is 1.37. The molecule has 0 unspecified atom stereocenters. The molecule has 5 rings (SSSR count). The number of amides is 2. The maximum absolute atomic E-state index is 12.8. The van der Waals surface area contributed by atoms with E-state index in [4.69, 9.17) is 0 Å². The zero-order chi connectivity index (χ0) is 15.1. The molecule has 3 nitrogen and oxygen atoms in total. The first-order valence-electron chi connectivity index (χ1n) is 8.21. The molecule has 4 atom stereocenters. The first-order valence-corrected chi connectivity index (χ1v) is 8.21. The number of carbonyl (C=O) groups excluding carboxylic acids is 2. The van der Waals surface area contributed by atoms with Gasteiger partial charge in [0.1, 0.15) is 0 Å². The normalized spacial score (nSPS) is 36.5.